The zero-order valence-corrected chi connectivity index (χ0v) is 24.6. The number of hydrogen-bond acceptors (Lipinski definition) is 9. The molecule has 14 nitrogen and oxygen atoms in total. The van der Waals surface area contributed by atoms with Crippen molar-refractivity contribution in [3.63, 3.8) is 0 Å². The summed E-state index contributed by atoms with van der Waals surface area (Å²) in [7, 11) is 0. The molecule has 2 heterocycles. The molecule has 14 heteroatoms. The van der Waals surface area contributed by atoms with Crippen LogP contribution >= 0.6 is 0 Å². The summed E-state index contributed by atoms with van der Waals surface area (Å²) in [6.45, 7) is 7.65. The molecule has 0 aliphatic carbocycles. The van der Waals surface area contributed by atoms with Crippen LogP contribution in [0.2, 0.25) is 0 Å². The van der Waals surface area contributed by atoms with Crippen molar-refractivity contribution < 1.29 is 39.6 Å². The molecule has 6 N–H and O–H groups in total. The zero-order chi connectivity index (χ0) is 32.1. The number of nitrogens with one attached hydrogen (secondary N) is 2. The quantitative estimate of drug-likeness (QED) is 0.174. The molecule has 0 atom stereocenters. The normalized spacial score (nSPS) is 14.1. The first kappa shape index (κ1) is 31.9. The molecule has 1 aliphatic heterocycles. The van der Waals surface area contributed by atoms with Gasteiger partial charge >= 0.3 is 11.9 Å². The Labute approximate surface area is 253 Å². The second-order valence-electron chi connectivity index (χ2n) is 11.0. The highest BCUT2D eigenvalue weighted by atomic mass is 16.4. The van der Waals surface area contributed by atoms with Crippen molar-refractivity contribution in [1.82, 2.24) is 30.3 Å². The van der Waals surface area contributed by atoms with Crippen LogP contribution in [0.1, 0.15) is 61.3 Å². The van der Waals surface area contributed by atoms with Gasteiger partial charge in [0.1, 0.15) is 11.5 Å². The van der Waals surface area contributed by atoms with E-state index in [1.807, 2.05) is 38.1 Å². The number of carbonyl (C=O) groups is 4. The van der Waals surface area contributed by atoms with Crippen LogP contribution in [0, 0.1) is 5.92 Å². The van der Waals surface area contributed by atoms with Crippen molar-refractivity contribution in [2.24, 2.45) is 5.92 Å². The first-order chi connectivity index (χ1) is 20.9. The second kappa shape index (κ2) is 13.5. The summed E-state index contributed by atoms with van der Waals surface area (Å²) in [6.07, 6.45) is 0.897. The molecule has 0 bridgehead atoms. The van der Waals surface area contributed by atoms with Gasteiger partial charge in [-0.1, -0.05) is 26.0 Å². The van der Waals surface area contributed by atoms with Crippen LogP contribution in [0.4, 0.5) is 0 Å². The van der Waals surface area contributed by atoms with Gasteiger partial charge in [-0.25, -0.2) is 9.59 Å². The lowest BCUT2D eigenvalue weighted by atomic mass is 9.95. The molecule has 4 rings (SSSR count). The fourth-order valence-corrected chi connectivity index (χ4v) is 5.18. The van der Waals surface area contributed by atoms with Gasteiger partial charge in [-0.3, -0.25) is 19.1 Å². The molecular formula is C30H36N6O8. The first-order valence-corrected chi connectivity index (χ1v) is 14.3. The van der Waals surface area contributed by atoms with Gasteiger partial charge in [0, 0.05) is 30.8 Å². The van der Waals surface area contributed by atoms with E-state index in [4.69, 9.17) is 10.2 Å². The molecule has 1 aromatic heterocycles. The standard InChI is InChI=1S/C30H36N6O8/c1-4-31-28(40)26-34-33-25(21-13-20(16(2)3)22(37)14-23(21)38)36(26)19-7-5-17(6-8-19)15-35-11-9-18(10-12-35)27(39)32-24(29(41)42)30(43)44/h5-8,13-14,16,18,24,37-38H,4,9-12,15H2,1-3H3,(H,31,40)(H,32,39)(H,41,42)(H,43,44). The number of nitrogens with zero attached hydrogens (tertiary/aromatic N) is 4. The average Bonchev–Trinajstić information content (AvgIpc) is 3.41. The number of phenolic OH excluding ortho intramolecular Hbond substituents is 2. The highest BCUT2D eigenvalue weighted by molar-refractivity contribution is 6.01. The van der Waals surface area contributed by atoms with Crippen LogP contribution in [-0.4, -0.2) is 89.5 Å². The molecule has 0 spiro atoms. The van der Waals surface area contributed by atoms with Crippen molar-refractivity contribution in [1.29, 1.82) is 0 Å². The van der Waals surface area contributed by atoms with Crippen LogP contribution in [0.25, 0.3) is 17.1 Å². The maximum atomic E-state index is 12.9. The van der Waals surface area contributed by atoms with E-state index in [1.165, 1.54) is 6.07 Å². The number of likely N-dealkylation sites (tertiary alicyclic amines) is 1. The van der Waals surface area contributed by atoms with E-state index in [1.54, 1.807) is 17.6 Å². The third-order valence-electron chi connectivity index (χ3n) is 7.55. The Bertz CT molecular complexity index is 1530. The van der Waals surface area contributed by atoms with Crippen molar-refractivity contribution in [3.8, 4) is 28.6 Å². The van der Waals surface area contributed by atoms with E-state index in [2.05, 4.69) is 25.7 Å². The lowest BCUT2D eigenvalue weighted by Gasteiger charge is -2.31. The highest BCUT2D eigenvalue weighted by Gasteiger charge is 2.32. The monoisotopic (exact) mass is 608 g/mol. The Morgan fingerprint density at radius 2 is 1.59 bits per heavy atom. The molecule has 1 saturated heterocycles. The van der Waals surface area contributed by atoms with Gasteiger partial charge in [-0.15, -0.1) is 10.2 Å². The Hall–Kier alpha value is -4.98. The second-order valence-corrected chi connectivity index (χ2v) is 11.0. The van der Waals surface area contributed by atoms with Crippen LogP contribution < -0.4 is 10.6 Å². The topological polar surface area (TPSA) is 207 Å². The van der Waals surface area contributed by atoms with Gasteiger partial charge in [0.15, 0.2) is 5.82 Å². The maximum Gasteiger partial charge on any atom is 0.338 e. The maximum absolute atomic E-state index is 12.9. The van der Waals surface area contributed by atoms with E-state index in [0.717, 1.165) is 5.56 Å². The van der Waals surface area contributed by atoms with E-state index >= 15 is 0 Å². The summed E-state index contributed by atoms with van der Waals surface area (Å²) in [5, 5.41) is 52.3. The summed E-state index contributed by atoms with van der Waals surface area (Å²) in [5.74, 6) is -4.80. The van der Waals surface area contributed by atoms with Gasteiger partial charge in [0.25, 0.3) is 5.91 Å². The molecule has 2 amide bonds. The lowest BCUT2D eigenvalue weighted by Crippen LogP contribution is -2.50. The predicted molar refractivity (Wildman–Crippen MR) is 157 cm³/mol. The third kappa shape index (κ3) is 6.97. The zero-order valence-electron chi connectivity index (χ0n) is 24.6. The lowest BCUT2D eigenvalue weighted by molar-refractivity contribution is -0.153. The number of carboxylic acid groups (broad SMARTS) is 2. The van der Waals surface area contributed by atoms with Crippen LogP contribution in [0.5, 0.6) is 11.5 Å². The van der Waals surface area contributed by atoms with Gasteiger partial charge < -0.3 is 31.1 Å². The van der Waals surface area contributed by atoms with Crippen molar-refractivity contribution in [2.45, 2.75) is 52.1 Å². The van der Waals surface area contributed by atoms with Crippen LogP contribution in [-0.2, 0) is 20.9 Å². The van der Waals surface area contributed by atoms with E-state index in [-0.39, 0.29) is 29.1 Å². The van der Waals surface area contributed by atoms with Gasteiger partial charge in [0.2, 0.25) is 17.8 Å². The Kier molecular flexibility index (Phi) is 9.83. The Balaban J connectivity index is 1.52. The largest absolute Gasteiger partial charge is 0.508 e. The molecule has 1 fully saturated rings. The molecule has 1 aliphatic rings. The summed E-state index contributed by atoms with van der Waals surface area (Å²) in [6, 6.07) is 8.31. The number of amides is 2. The van der Waals surface area contributed by atoms with Crippen LogP contribution in [0.3, 0.4) is 0 Å². The van der Waals surface area contributed by atoms with E-state index in [9.17, 15) is 29.4 Å². The number of carbonyl (C=O) groups excluding carboxylic acids is 2. The van der Waals surface area contributed by atoms with E-state index < -0.39 is 35.7 Å². The number of carboxylic acids is 2. The number of aromatic hydroxyl groups is 2. The fraction of sp³-hybridized carbons (Fsp3) is 0.400. The SMILES string of the molecule is CCNC(=O)c1nnc(-c2cc(C(C)C)c(O)cc2O)n1-c1ccc(CN2CCC(C(=O)NC(C(=O)O)C(=O)O)CC2)cc1. The number of piperidine rings is 1. The molecular weight excluding hydrogens is 572 g/mol. The molecule has 3 aromatic rings. The fourth-order valence-electron chi connectivity index (χ4n) is 5.18. The molecule has 44 heavy (non-hydrogen) atoms. The molecule has 234 valence electrons. The van der Waals surface area contributed by atoms with Crippen molar-refractivity contribution in [2.75, 3.05) is 19.6 Å². The highest BCUT2D eigenvalue weighted by Crippen LogP contribution is 2.38. The number of hydrogen-bond donors (Lipinski definition) is 6. The molecule has 0 unspecified atom stereocenters. The number of aliphatic carboxylic acids is 2. The molecule has 0 radical (unpaired) electrons. The number of benzene rings is 2. The summed E-state index contributed by atoms with van der Waals surface area (Å²) in [5.41, 5.74) is 2.45. The minimum atomic E-state index is -1.98. The Morgan fingerprint density at radius 1 is 0.955 bits per heavy atom. The van der Waals surface area contributed by atoms with Crippen molar-refractivity contribution >= 4 is 23.8 Å². The minimum absolute atomic E-state index is 0.0292. The Morgan fingerprint density at radius 3 is 2.16 bits per heavy atom. The molecule has 0 saturated carbocycles. The average molecular weight is 609 g/mol. The number of rotatable bonds is 11. The van der Waals surface area contributed by atoms with Gasteiger partial charge in [-0.05, 0) is 68.1 Å². The number of phenols is 2. The predicted octanol–water partition coefficient (Wildman–Crippen LogP) is 2.08. The molecule has 2 aromatic carbocycles. The third-order valence-corrected chi connectivity index (χ3v) is 7.55. The minimum Gasteiger partial charge on any atom is -0.508 e. The van der Waals surface area contributed by atoms with E-state index in [0.29, 0.717) is 55.8 Å². The van der Waals surface area contributed by atoms with Crippen molar-refractivity contribution in [3.05, 3.63) is 53.3 Å². The summed E-state index contributed by atoms with van der Waals surface area (Å²) in [4.78, 5) is 49.7. The first-order valence-electron chi connectivity index (χ1n) is 14.3. The van der Waals surface area contributed by atoms with Crippen LogP contribution in [0.15, 0.2) is 36.4 Å². The summed E-state index contributed by atoms with van der Waals surface area (Å²) < 4.78 is 1.55. The van der Waals surface area contributed by atoms with Gasteiger partial charge in [-0.2, -0.15) is 0 Å². The smallest absolute Gasteiger partial charge is 0.338 e. The van der Waals surface area contributed by atoms with Gasteiger partial charge in [0.05, 0.1) is 5.56 Å². The number of aromatic nitrogens is 3. The summed E-state index contributed by atoms with van der Waals surface area (Å²) >= 11 is 0.